The highest BCUT2D eigenvalue weighted by atomic mass is 14.9. The number of rotatable bonds is 10. The lowest BCUT2D eigenvalue weighted by atomic mass is 9.95. The van der Waals surface area contributed by atoms with Gasteiger partial charge in [-0.3, -0.25) is 15.4 Å². The van der Waals surface area contributed by atoms with Crippen molar-refractivity contribution in [1.29, 1.82) is 5.41 Å². The molecule has 0 saturated carbocycles. The summed E-state index contributed by atoms with van der Waals surface area (Å²) < 4.78 is 0. The van der Waals surface area contributed by atoms with Gasteiger partial charge in [0.1, 0.15) is 0 Å². The third kappa shape index (κ3) is 6.48. The van der Waals surface area contributed by atoms with Gasteiger partial charge < -0.3 is 11.1 Å². The predicted octanol–water partition coefficient (Wildman–Crippen LogP) is 8.64. The van der Waals surface area contributed by atoms with Gasteiger partial charge >= 0.3 is 0 Å². The molecule has 0 amide bonds. The number of benzene rings is 5. The number of fused-ring (bicyclic) bond motifs is 1. The Balaban J connectivity index is 1.36. The first kappa shape index (κ1) is 28.3. The molecule has 6 rings (SSSR count). The van der Waals surface area contributed by atoms with Crippen molar-refractivity contribution in [3.05, 3.63) is 168 Å². The lowest BCUT2D eigenvalue weighted by molar-refractivity contribution is 1.08. The molecule has 0 spiro atoms. The molecule has 214 valence electrons. The molecule has 0 bridgehead atoms. The van der Waals surface area contributed by atoms with Gasteiger partial charge in [-0.2, -0.15) is 0 Å². The van der Waals surface area contributed by atoms with Crippen molar-refractivity contribution < 1.29 is 0 Å². The molecule has 0 aliphatic carbocycles. The normalized spacial score (nSPS) is 11.4. The van der Waals surface area contributed by atoms with Crippen molar-refractivity contribution in [3.8, 4) is 22.3 Å². The summed E-state index contributed by atoms with van der Waals surface area (Å²) in [6.45, 7) is 1.19. The third-order valence-corrected chi connectivity index (χ3v) is 7.60. The molecule has 0 aliphatic heterocycles. The average Bonchev–Trinajstić information content (AvgIpc) is 3.09. The molecule has 0 aliphatic rings. The van der Waals surface area contributed by atoms with E-state index in [9.17, 15) is 0 Å². The molecule has 0 saturated heterocycles. The molecule has 0 unspecified atom stereocenters. The Morgan fingerprint density at radius 2 is 1.43 bits per heavy atom. The zero-order valence-corrected chi connectivity index (χ0v) is 24.3. The molecule has 0 atom stereocenters. The van der Waals surface area contributed by atoms with Gasteiger partial charge in [-0.1, -0.05) is 91.0 Å². The smallest absolute Gasteiger partial charge is 0.0705 e. The highest BCUT2D eigenvalue weighted by molar-refractivity contribution is 6.17. The number of hydrogen-bond acceptors (Lipinski definition) is 5. The van der Waals surface area contributed by atoms with Crippen molar-refractivity contribution >= 4 is 28.4 Å². The Hall–Kier alpha value is -5.81. The Labute approximate surface area is 258 Å². The van der Waals surface area contributed by atoms with Crippen molar-refractivity contribution in [3.63, 3.8) is 0 Å². The van der Waals surface area contributed by atoms with Gasteiger partial charge in [0.2, 0.25) is 0 Å². The van der Waals surface area contributed by atoms with Crippen LogP contribution in [0.2, 0.25) is 0 Å². The minimum atomic E-state index is 0.494. The van der Waals surface area contributed by atoms with Crippen LogP contribution in [0.1, 0.15) is 22.3 Å². The molecular weight excluding hydrogens is 538 g/mol. The van der Waals surface area contributed by atoms with E-state index >= 15 is 0 Å². The Kier molecular flexibility index (Phi) is 8.65. The van der Waals surface area contributed by atoms with E-state index in [0.717, 1.165) is 61.0 Å². The van der Waals surface area contributed by atoms with Gasteiger partial charge in [0.15, 0.2) is 0 Å². The summed E-state index contributed by atoms with van der Waals surface area (Å²) >= 11 is 0. The highest BCUT2D eigenvalue weighted by Crippen LogP contribution is 2.32. The predicted molar refractivity (Wildman–Crippen MR) is 184 cm³/mol. The van der Waals surface area contributed by atoms with Crippen LogP contribution in [-0.2, 0) is 13.1 Å². The molecule has 5 aromatic carbocycles. The number of allylic oxidation sites excluding steroid dienone is 1. The second-order valence-corrected chi connectivity index (χ2v) is 10.5. The molecule has 1 heterocycles. The average molecular weight is 572 g/mol. The molecule has 44 heavy (non-hydrogen) atoms. The van der Waals surface area contributed by atoms with Crippen LogP contribution in [0.15, 0.2) is 151 Å². The summed E-state index contributed by atoms with van der Waals surface area (Å²) in [4.78, 5) is 8.61. The number of nitrogens with two attached hydrogens (primary N) is 1. The third-order valence-electron chi connectivity index (χ3n) is 7.60. The second kappa shape index (κ2) is 13.4. The highest BCUT2D eigenvalue weighted by Gasteiger charge is 2.14. The molecule has 5 heteroatoms. The number of aliphatic imine (C=N–C) groups is 1. The monoisotopic (exact) mass is 571 g/mol. The van der Waals surface area contributed by atoms with Crippen LogP contribution in [0.5, 0.6) is 0 Å². The van der Waals surface area contributed by atoms with Crippen molar-refractivity contribution in [2.45, 2.75) is 13.1 Å². The molecule has 0 radical (unpaired) electrons. The van der Waals surface area contributed by atoms with Gasteiger partial charge in [0.25, 0.3) is 0 Å². The van der Waals surface area contributed by atoms with E-state index in [1.54, 1.807) is 12.3 Å². The molecule has 1 aromatic heterocycles. The zero-order chi connectivity index (χ0) is 30.1. The fourth-order valence-corrected chi connectivity index (χ4v) is 5.36. The van der Waals surface area contributed by atoms with E-state index in [1.807, 2.05) is 60.9 Å². The summed E-state index contributed by atoms with van der Waals surface area (Å²) in [5.41, 5.74) is 15.4. The van der Waals surface area contributed by atoms with Crippen LogP contribution in [0.4, 0.5) is 5.69 Å². The van der Waals surface area contributed by atoms with Gasteiger partial charge in [-0.05, 0) is 81.4 Å². The lowest BCUT2D eigenvalue weighted by Gasteiger charge is -2.17. The zero-order valence-electron chi connectivity index (χ0n) is 24.3. The van der Waals surface area contributed by atoms with Gasteiger partial charge in [0, 0.05) is 41.7 Å². The maximum absolute atomic E-state index is 9.08. The molecule has 0 fully saturated rings. The van der Waals surface area contributed by atoms with E-state index in [0.29, 0.717) is 18.8 Å². The van der Waals surface area contributed by atoms with Crippen molar-refractivity contribution in [2.24, 2.45) is 10.7 Å². The lowest BCUT2D eigenvalue weighted by Crippen LogP contribution is -2.09. The van der Waals surface area contributed by atoms with Gasteiger partial charge in [0.05, 0.1) is 17.9 Å². The Morgan fingerprint density at radius 1 is 0.727 bits per heavy atom. The summed E-state index contributed by atoms with van der Waals surface area (Å²) in [5.74, 6) is 0. The number of hydrogen-bond donors (Lipinski definition) is 3. The van der Waals surface area contributed by atoms with Gasteiger partial charge in [-0.25, -0.2) is 0 Å². The van der Waals surface area contributed by atoms with Crippen LogP contribution in [-0.4, -0.2) is 16.9 Å². The minimum Gasteiger partial charge on any atom is -0.405 e. The molecule has 6 aromatic rings. The van der Waals surface area contributed by atoms with E-state index in [1.165, 1.54) is 6.20 Å². The number of pyridine rings is 1. The van der Waals surface area contributed by atoms with Crippen molar-refractivity contribution in [1.82, 2.24) is 4.98 Å². The number of nitrogens with zero attached hydrogens (tertiary/aromatic N) is 2. The number of aromatic nitrogens is 1. The number of nitrogens with one attached hydrogen (secondary N) is 2. The van der Waals surface area contributed by atoms with E-state index in [4.69, 9.17) is 11.1 Å². The molecule has 4 N–H and O–H groups in total. The first-order valence-corrected chi connectivity index (χ1v) is 14.6. The standard InChI is InChI=1S/C39H33N5/c40-19-6-20-43-26-28-11-13-30(14-12-28)34-23-29(24-35(25-34)31-17-21-42-22-18-31)27-44-39-36-10-5-4-7-32(36)15-16-37(39)38(41)33-8-2-1-3-9-33/h1-25,41,44H,26-27,40H2. The summed E-state index contributed by atoms with van der Waals surface area (Å²) in [7, 11) is 0. The van der Waals surface area contributed by atoms with E-state index in [2.05, 4.69) is 88.1 Å². The minimum absolute atomic E-state index is 0.494. The SMILES string of the molecule is N=C(c1ccccc1)c1ccc2ccccc2c1NCc1cc(-c2ccncc2)cc(-c2ccc(CN=CC=CN)cc2)c1. The summed E-state index contributed by atoms with van der Waals surface area (Å²) in [5, 5.41) is 15.0. The Morgan fingerprint density at radius 3 is 2.18 bits per heavy atom. The topological polar surface area (TPSA) is 87.2 Å². The fourth-order valence-electron chi connectivity index (χ4n) is 5.36. The fraction of sp³-hybridized carbons (Fsp3) is 0.0513. The summed E-state index contributed by atoms with van der Waals surface area (Å²) in [6.07, 6.45) is 8.57. The maximum Gasteiger partial charge on any atom is 0.0705 e. The number of anilines is 1. The van der Waals surface area contributed by atoms with Crippen molar-refractivity contribution in [2.75, 3.05) is 5.32 Å². The molecular formula is C39H33N5. The van der Waals surface area contributed by atoms with E-state index in [-0.39, 0.29) is 0 Å². The van der Waals surface area contributed by atoms with Crippen LogP contribution in [0, 0.1) is 5.41 Å². The van der Waals surface area contributed by atoms with Gasteiger partial charge in [-0.15, -0.1) is 0 Å². The first-order chi connectivity index (χ1) is 21.7. The summed E-state index contributed by atoms with van der Waals surface area (Å²) in [6, 6.07) is 41.7. The second-order valence-electron chi connectivity index (χ2n) is 10.5. The molecule has 5 nitrogen and oxygen atoms in total. The van der Waals surface area contributed by atoms with Crippen LogP contribution >= 0.6 is 0 Å². The quantitative estimate of drug-likeness (QED) is 0.144. The Bertz CT molecular complexity index is 1940. The van der Waals surface area contributed by atoms with E-state index < -0.39 is 0 Å². The van der Waals surface area contributed by atoms with Crippen LogP contribution < -0.4 is 11.1 Å². The van der Waals surface area contributed by atoms with Crippen LogP contribution in [0.25, 0.3) is 33.0 Å². The largest absolute Gasteiger partial charge is 0.405 e. The maximum atomic E-state index is 9.08. The van der Waals surface area contributed by atoms with Crippen LogP contribution in [0.3, 0.4) is 0 Å². The first-order valence-electron chi connectivity index (χ1n) is 14.6.